The molecule has 1 amide bonds. The van der Waals surface area contributed by atoms with Crippen molar-refractivity contribution in [3.05, 3.63) is 23.8 Å². The molecule has 0 bridgehead atoms. The van der Waals surface area contributed by atoms with Crippen molar-refractivity contribution in [3.63, 3.8) is 0 Å². The summed E-state index contributed by atoms with van der Waals surface area (Å²) in [6.07, 6.45) is -3.21. The number of rotatable bonds is 4. The zero-order chi connectivity index (χ0) is 20.2. The van der Waals surface area contributed by atoms with Gasteiger partial charge in [0.05, 0.1) is 16.8 Å². The fourth-order valence-electron chi connectivity index (χ4n) is 2.87. The SMILES string of the molecule is CN(C(=O)c1ccc(B2OC(C)(C)C(C)(C)O2)cc1OC(F)(F)F)C1CC1. The van der Waals surface area contributed by atoms with Crippen molar-refractivity contribution < 1.29 is 32.0 Å². The van der Waals surface area contributed by atoms with Crippen LogP contribution in [0.25, 0.3) is 0 Å². The molecular formula is C18H23BF3NO4. The molecule has 2 aliphatic rings. The molecule has 0 N–H and O–H groups in total. The summed E-state index contributed by atoms with van der Waals surface area (Å²) in [5.41, 5.74) is -1.05. The summed E-state index contributed by atoms with van der Waals surface area (Å²) < 4.78 is 54.6. The van der Waals surface area contributed by atoms with E-state index in [0.717, 1.165) is 12.8 Å². The molecule has 0 aromatic heterocycles. The summed E-state index contributed by atoms with van der Waals surface area (Å²) in [6, 6.07) is 4.12. The van der Waals surface area contributed by atoms with E-state index in [-0.39, 0.29) is 11.6 Å². The van der Waals surface area contributed by atoms with Crippen LogP contribution < -0.4 is 10.2 Å². The standard InChI is InChI=1S/C18H23BF3NO4/c1-16(2)17(3,4)27-19(26-16)11-6-9-13(14(10-11)25-18(20,21)22)15(24)23(5)12-7-8-12/h6,9-10,12H,7-8H2,1-5H3. The zero-order valence-electron chi connectivity index (χ0n) is 16.0. The molecule has 9 heteroatoms. The molecule has 27 heavy (non-hydrogen) atoms. The van der Waals surface area contributed by atoms with Gasteiger partial charge in [-0.2, -0.15) is 0 Å². The van der Waals surface area contributed by atoms with E-state index in [1.165, 1.54) is 17.0 Å². The van der Waals surface area contributed by atoms with Gasteiger partial charge in [0.1, 0.15) is 5.75 Å². The number of carbonyl (C=O) groups is 1. The number of nitrogens with zero attached hydrogens (tertiary/aromatic N) is 1. The van der Waals surface area contributed by atoms with Gasteiger partial charge in [-0.3, -0.25) is 4.79 Å². The average molecular weight is 385 g/mol. The van der Waals surface area contributed by atoms with Gasteiger partial charge in [-0.15, -0.1) is 13.2 Å². The van der Waals surface area contributed by atoms with Gasteiger partial charge in [0.25, 0.3) is 5.91 Å². The molecule has 148 valence electrons. The Morgan fingerprint density at radius 2 is 1.74 bits per heavy atom. The molecule has 1 aliphatic heterocycles. The Morgan fingerprint density at radius 3 is 2.22 bits per heavy atom. The van der Waals surface area contributed by atoms with Gasteiger partial charge in [-0.25, -0.2) is 0 Å². The highest BCUT2D eigenvalue weighted by molar-refractivity contribution is 6.62. The van der Waals surface area contributed by atoms with Crippen LogP contribution in [0.4, 0.5) is 13.2 Å². The van der Waals surface area contributed by atoms with Gasteiger partial charge in [0.2, 0.25) is 0 Å². The second-order valence-electron chi connectivity index (χ2n) is 8.04. The second-order valence-corrected chi connectivity index (χ2v) is 8.04. The number of alkyl halides is 3. The Balaban J connectivity index is 1.94. The summed E-state index contributed by atoms with van der Waals surface area (Å²) in [6.45, 7) is 7.40. The maximum Gasteiger partial charge on any atom is 0.573 e. The van der Waals surface area contributed by atoms with E-state index in [1.807, 2.05) is 27.7 Å². The van der Waals surface area contributed by atoms with Crippen LogP contribution in [-0.4, -0.2) is 48.6 Å². The Labute approximate surface area is 156 Å². The maximum atomic E-state index is 12.9. The summed E-state index contributed by atoms with van der Waals surface area (Å²) >= 11 is 0. The average Bonchev–Trinajstić information content (AvgIpc) is 3.32. The number of ether oxygens (including phenoxy) is 1. The van der Waals surface area contributed by atoms with Crippen LogP contribution in [0.5, 0.6) is 5.75 Å². The van der Waals surface area contributed by atoms with E-state index in [1.54, 1.807) is 13.1 Å². The molecule has 0 spiro atoms. The van der Waals surface area contributed by atoms with Crippen LogP contribution in [0.1, 0.15) is 50.9 Å². The lowest BCUT2D eigenvalue weighted by Crippen LogP contribution is -2.41. The lowest BCUT2D eigenvalue weighted by atomic mass is 9.78. The van der Waals surface area contributed by atoms with Crippen molar-refractivity contribution in [1.82, 2.24) is 4.90 Å². The molecule has 3 rings (SSSR count). The lowest BCUT2D eigenvalue weighted by Gasteiger charge is -2.32. The number of halogens is 3. The number of benzene rings is 1. The second kappa shape index (κ2) is 6.41. The molecular weight excluding hydrogens is 362 g/mol. The number of hydrogen-bond donors (Lipinski definition) is 0. The van der Waals surface area contributed by atoms with E-state index in [4.69, 9.17) is 9.31 Å². The molecule has 0 unspecified atom stereocenters. The van der Waals surface area contributed by atoms with Crippen molar-refractivity contribution in [2.24, 2.45) is 0 Å². The summed E-state index contributed by atoms with van der Waals surface area (Å²) in [7, 11) is 0.732. The van der Waals surface area contributed by atoms with Crippen LogP contribution >= 0.6 is 0 Å². The highest BCUT2D eigenvalue weighted by atomic mass is 19.4. The normalized spacial score (nSPS) is 21.3. The third-order valence-electron chi connectivity index (χ3n) is 5.40. The predicted octanol–water partition coefficient (Wildman–Crippen LogP) is 3.12. The number of amides is 1. The van der Waals surface area contributed by atoms with Crippen LogP contribution in [0.15, 0.2) is 18.2 Å². The Morgan fingerprint density at radius 1 is 1.19 bits per heavy atom. The lowest BCUT2D eigenvalue weighted by molar-refractivity contribution is -0.274. The highest BCUT2D eigenvalue weighted by Gasteiger charge is 2.52. The van der Waals surface area contributed by atoms with E-state index in [9.17, 15) is 18.0 Å². The largest absolute Gasteiger partial charge is 0.573 e. The molecule has 1 saturated heterocycles. The molecule has 1 aromatic rings. The molecule has 0 radical (unpaired) electrons. The molecule has 0 atom stereocenters. The predicted molar refractivity (Wildman–Crippen MR) is 94.0 cm³/mol. The molecule has 2 fully saturated rings. The molecule has 1 heterocycles. The van der Waals surface area contributed by atoms with Gasteiger partial charge >= 0.3 is 13.5 Å². The van der Waals surface area contributed by atoms with Gasteiger partial charge < -0.3 is 18.9 Å². The van der Waals surface area contributed by atoms with Crippen molar-refractivity contribution >= 4 is 18.5 Å². The van der Waals surface area contributed by atoms with Gasteiger partial charge in [-0.1, -0.05) is 6.07 Å². The summed E-state index contributed by atoms with van der Waals surface area (Å²) in [5.74, 6) is -1.05. The molecule has 1 saturated carbocycles. The fourth-order valence-corrected chi connectivity index (χ4v) is 2.87. The Hall–Kier alpha value is -1.74. The summed E-state index contributed by atoms with van der Waals surface area (Å²) in [5, 5.41) is 0. The van der Waals surface area contributed by atoms with Crippen molar-refractivity contribution in [1.29, 1.82) is 0 Å². The highest BCUT2D eigenvalue weighted by Crippen LogP contribution is 2.37. The molecule has 1 aromatic carbocycles. The van der Waals surface area contributed by atoms with Crippen molar-refractivity contribution in [2.75, 3.05) is 7.05 Å². The number of hydrogen-bond acceptors (Lipinski definition) is 4. The monoisotopic (exact) mass is 385 g/mol. The van der Waals surface area contributed by atoms with Crippen LogP contribution in [0.2, 0.25) is 0 Å². The van der Waals surface area contributed by atoms with E-state index in [2.05, 4.69) is 4.74 Å². The van der Waals surface area contributed by atoms with Crippen molar-refractivity contribution in [3.8, 4) is 5.75 Å². The first-order valence-corrected chi connectivity index (χ1v) is 8.83. The third-order valence-corrected chi connectivity index (χ3v) is 5.40. The van der Waals surface area contributed by atoms with Crippen LogP contribution in [0.3, 0.4) is 0 Å². The first kappa shape index (κ1) is 20.0. The van der Waals surface area contributed by atoms with E-state index >= 15 is 0 Å². The third kappa shape index (κ3) is 4.08. The minimum absolute atomic E-state index is 0.0685. The number of carbonyl (C=O) groups excluding carboxylic acids is 1. The minimum Gasteiger partial charge on any atom is -0.405 e. The van der Waals surface area contributed by atoms with E-state index in [0.29, 0.717) is 5.46 Å². The molecule has 1 aliphatic carbocycles. The first-order valence-electron chi connectivity index (χ1n) is 8.83. The Bertz CT molecular complexity index is 731. The quantitative estimate of drug-likeness (QED) is 0.748. The summed E-state index contributed by atoms with van der Waals surface area (Å²) in [4.78, 5) is 14.0. The Kier molecular flexibility index (Phi) is 4.75. The van der Waals surface area contributed by atoms with Crippen LogP contribution in [-0.2, 0) is 9.31 Å². The smallest absolute Gasteiger partial charge is 0.405 e. The fraction of sp³-hybridized carbons (Fsp3) is 0.611. The maximum absolute atomic E-state index is 12.9. The topological polar surface area (TPSA) is 48.0 Å². The first-order chi connectivity index (χ1) is 12.3. The van der Waals surface area contributed by atoms with Gasteiger partial charge in [0.15, 0.2) is 0 Å². The molecule has 5 nitrogen and oxygen atoms in total. The van der Waals surface area contributed by atoms with E-state index < -0.39 is 36.3 Å². The zero-order valence-corrected chi connectivity index (χ0v) is 16.0. The minimum atomic E-state index is -4.91. The van der Waals surface area contributed by atoms with Gasteiger partial charge in [0, 0.05) is 13.1 Å². The van der Waals surface area contributed by atoms with Gasteiger partial charge in [-0.05, 0) is 58.1 Å². The van der Waals surface area contributed by atoms with Crippen LogP contribution in [0, 0.1) is 0 Å². The van der Waals surface area contributed by atoms with Crippen molar-refractivity contribution in [2.45, 2.75) is 64.1 Å².